The van der Waals surface area contributed by atoms with E-state index in [4.69, 9.17) is 0 Å². The monoisotopic (exact) mass is 223 g/mol. The summed E-state index contributed by atoms with van der Waals surface area (Å²) in [6.45, 7) is 7.93. The minimum Gasteiger partial charge on any atom is -0.389 e. The Morgan fingerprint density at radius 1 is 1.56 bits per heavy atom. The molecular weight excluding hydrogens is 205 g/mol. The zero-order valence-electron chi connectivity index (χ0n) is 10.00. The molecule has 3 heteroatoms. The van der Waals surface area contributed by atoms with E-state index in [1.54, 1.807) is 24.0 Å². The van der Waals surface area contributed by atoms with E-state index >= 15 is 0 Å². The summed E-state index contributed by atoms with van der Waals surface area (Å²) in [4.78, 5) is 1.80. The van der Waals surface area contributed by atoms with Crippen LogP contribution in [0.4, 0.5) is 10.1 Å². The maximum absolute atomic E-state index is 13.7. The summed E-state index contributed by atoms with van der Waals surface area (Å²) in [7, 11) is 1.81. The van der Waals surface area contributed by atoms with Gasteiger partial charge in [-0.2, -0.15) is 0 Å². The predicted molar refractivity (Wildman–Crippen MR) is 65.1 cm³/mol. The Kier molecular flexibility index (Phi) is 4.07. The number of hydrogen-bond acceptors (Lipinski definition) is 2. The van der Waals surface area contributed by atoms with Gasteiger partial charge < -0.3 is 10.0 Å². The summed E-state index contributed by atoms with van der Waals surface area (Å²) in [5.41, 5.74) is 2.08. The molecule has 0 aromatic heterocycles. The normalized spacial score (nSPS) is 12.3. The van der Waals surface area contributed by atoms with Crippen LogP contribution in [-0.4, -0.2) is 18.7 Å². The maximum atomic E-state index is 13.7. The average Bonchev–Trinajstić information content (AvgIpc) is 2.15. The molecule has 1 unspecified atom stereocenters. The van der Waals surface area contributed by atoms with Crippen molar-refractivity contribution in [3.63, 3.8) is 0 Å². The van der Waals surface area contributed by atoms with Gasteiger partial charge in [0.2, 0.25) is 0 Å². The van der Waals surface area contributed by atoms with Crippen molar-refractivity contribution >= 4 is 5.69 Å². The van der Waals surface area contributed by atoms with E-state index in [0.29, 0.717) is 17.8 Å². The van der Waals surface area contributed by atoms with Crippen molar-refractivity contribution in [1.29, 1.82) is 0 Å². The Morgan fingerprint density at radius 2 is 2.19 bits per heavy atom. The molecule has 1 aromatic carbocycles. The fraction of sp³-hybridized carbons (Fsp3) is 0.385. The SMILES string of the molecule is C=C(C)CN(C)c1ccc(C(C)O)cc1F. The molecule has 1 aromatic rings. The van der Waals surface area contributed by atoms with Crippen molar-refractivity contribution < 1.29 is 9.50 Å². The Balaban J connectivity index is 2.94. The van der Waals surface area contributed by atoms with Crippen molar-refractivity contribution in [2.24, 2.45) is 0 Å². The molecule has 0 heterocycles. The van der Waals surface area contributed by atoms with E-state index in [2.05, 4.69) is 6.58 Å². The smallest absolute Gasteiger partial charge is 0.146 e. The Labute approximate surface area is 96.0 Å². The lowest BCUT2D eigenvalue weighted by molar-refractivity contribution is 0.199. The van der Waals surface area contributed by atoms with Crippen molar-refractivity contribution in [3.05, 3.63) is 41.7 Å². The topological polar surface area (TPSA) is 23.5 Å². The largest absolute Gasteiger partial charge is 0.389 e. The van der Waals surface area contributed by atoms with Crippen LogP contribution in [0.1, 0.15) is 25.5 Å². The number of aliphatic hydroxyl groups excluding tert-OH is 1. The van der Waals surface area contributed by atoms with Crippen LogP contribution in [0.25, 0.3) is 0 Å². The van der Waals surface area contributed by atoms with E-state index in [9.17, 15) is 9.50 Å². The fourth-order valence-corrected chi connectivity index (χ4v) is 1.58. The van der Waals surface area contributed by atoms with Crippen LogP contribution < -0.4 is 4.90 Å². The van der Waals surface area contributed by atoms with Gasteiger partial charge in [-0.25, -0.2) is 4.39 Å². The van der Waals surface area contributed by atoms with E-state index in [0.717, 1.165) is 5.57 Å². The number of halogens is 1. The van der Waals surface area contributed by atoms with Crippen LogP contribution in [0.5, 0.6) is 0 Å². The fourth-order valence-electron chi connectivity index (χ4n) is 1.58. The molecule has 0 aliphatic carbocycles. The zero-order valence-corrected chi connectivity index (χ0v) is 10.00. The van der Waals surface area contributed by atoms with E-state index < -0.39 is 6.10 Å². The third-order valence-corrected chi connectivity index (χ3v) is 2.37. The summed E-state index contributed by atoms with van der Waals surface area (Å²) >= 11 is 0. The van der Waals surface area contributed by atoms with Crippen LogP contribution in [0, 0.1) is 5.82 Å². The molecule has 1 rings (SSSR count). The summed E-state index contributed by atoms with van der Waals surface area (Å²) in [5, 5.41) is 9.33. The molecular formula is C13H18FNO. The zero-order chi connectivity index (χ0) is 12.3. The standard InChI is InChI=1S/C13H18FNO/c1-9(2)8-15(4)13-6-5-11(10(3)16)7-12(13)14/h5-7,10,16H,1,8H2,2-4H3. The number of nitrogens with zero attached hydrogens (tertiary/aromatic N) is 1. The predicted octanol–water partition coefficient (Wildman–Crippen LogP) is 2.89. The molecule has 0 aliphatic heterocycles. The molecule has 2 nitrogen and oxygen atoms in total. The van der Waals surface area contributed by atoms with E-state index in [1.807, 2.05) is 14.0 Å². The molecule has 0 saturated carbocycles. The highest BCUT2D eigenvalue weighted by molar-refractivity contribution is 5.49. The van der Waals surface area contributed by atoms with Crippen molar-refractivity contribution in [2.45, 2.75) is 20.0 Å². The lowest BCUT2D eigenvalue weighted by Crippen LogP contribution is -2.20. The first-order valence-electron chi connectivity index (χ1n) is 5.25. The summed E-state index contributed by atoms with van der Waals surface area (Å²) in [6.07, 6.45) is -0.644. The highest BCUT2D eigenvalue weighted by atomic mass is 19.1. The third-order valence-electron chi connectivity index (χ3n) is 2.37. The minimum atomic E-state index is -0.644. The van der Waals surface area contributed by atoms with Crippen LogP contribution in [0.2, 0.25) is 0 Å². The Bertz CT molecular complexity index is 388. The molecule has 0 amide bonds. The van der Waals surface area contributed by atoms with Crippen LogP contribution in [0.3, 0.4) is 0 Å². The van der Waals surface area contributed by atoms with Gasteiger partial charge in [0.25, 0.3) is 0 Å². The number of likely N-dealkylation sites (N-methyl/N-ethyl adjacent to an activating group) is 1. The van der Waals surface area contributed by atoms with Crippen LogP contribution >= 0.6 is 0 Å². The van der Waals surface area contributed by atoms with Gasteiger partial charge in [0.1, 0.15) is 5.82 Å². The highest BCUT2D eigenvalue weighted by Gasteiger charge is 2.10. The van der Waals surface area contributed by atoms with Gasteiger partial charge in [0.05, 0.1) is 11.8 Å². The number of hydrogen-bond donors (Lipinski definition) is 1. The minimum absolute atomic E-state index is 0.317. The molecule has 0 aliphatic rings. The first-order valence-corrected chi connectivity index (χ1v) is 5.25. The van der Waals surface area contributed by atoms with Crippen LogP contribution in [-0.2, 0) is 0 Å². The maximum Gasteiger partial charge on any atom is 0.146 e. The molecule has 0 radical (unpaired) electrons. The second-order valence-electron chi connectivity index (χ2n) is 4.20. The lowest BCUT2D eigenvalue weighted by Gasteiger charge is -2.20. The van der Waals surface area contributed by atoms with Gasteiger partial charge >= 0.3 is 0 Å². The third kappa shape index (κ3) is 3.07. The van der Waals surface area contributed by atoms with Gasteiger partial charge in [0.15, 0.2) is 0 Å². The highest BCUT2D eigenvalue weighted by Crippen LogP contribution is 2.22. The number of anilines is 1. The summed E-state index contributed by atoms with van der Waals surface area (Å²) < 4.78 is 13.7. The van der Waals surface area contributed by atoms with Crippen molar-refractivity contribution in [3.8, 4) is 0 Å². The molecule has 0 spiro atoms. The second-order valence-corrected chi connectivity index (χ2v) is 4.20. The van der Waals surface area contributed by atoms with Gasteiger partial charge in [-0.1, -0.05) is 18.2 Å². The van der Waals surface area contributed by atoms with Gasteiger partial charge in [0, 0.05) is 13.6 Å². The van der Waals surface area contributed by atoms with Gasteiger partial charge in [-0.3, -0.25) is 0 Å². The van der Waals surface area contributed by atoms with Gasteiger partial charge in [-0.05, 0) is 31.5 Å². The first-order chi connectivity index (χ1) is 7.41. The first kappa shape index (κ1) is 12.7. The number of rotatable bonds is 4. The summed E-state index contributed by atoms with van der Waals surface area (Å²) in [5.74, 6) is -0.317. The second kappa shape index (κ2) is 5.12. The quantitative estimate of drug-likeness (QED) is 0.793. The molecule has 88 valence electrons. The summed E-state index contributed by atoms with van der Waals surface area (Å²) in [6, 6.07) is 4.78. The van der Waals surface area contributed by atoms with E-state index in [1.165, 1.54) is 6.07 Å². The van der Waals surface area contributed by atoms with E-state index in [-0.39, 0.29) is 5.82 Å². The van der Waals surface area contributed by atoms with Gasteiger partial charge in [-0.15, -0.1) is 0 Å². The Morgan fingerprint density at radius 3 is 2.62 bits per heavy atom. The average molecular weight is 223 g/mol. The molecule has 0 saturated heterocycles. The number of benzene rings is 1. The van der Waals surface area contributed by atoms with Crippen LogP contribution in [0.15, 0.2) is 30.4 Å². The van der Waals surface area contributed by atoms with Crippen molar-refractivity contribution in [2.75, 3.05) is 18.5 Å². The Hall–Kier alpha value is -1.35. The molecule has 16 heavy (non-hydrogen) atoms. The molecule has 0 bridgehead atoms. The lowest BCUT2D eigenvalue weighted by atomic mass is 10.1. The molecule has 0 fully saturated rings. The molecule has 1 atom stereocenters. The van der Waals surface area contributed by atoms with Crippen molar-refractivity contribution in [1.82, 2.24) is 0 Å². The molecule has 1 N–H and O–H groups in total. The number of aliphatic hydroxyl groups is 1.